The Morgan fingerprint density at radius 1 is 1.10 bits per heavy atom. The van der Waals surface area contributed by atoms with Gasteiger partial charge in [0.15, 0.2) is 5.76 Å². The molecule has 2 heterocycles. The van der Waals surface area contributed by atoms with Crippen LogP contribution in [-0.2, 0) is 22.4 Å². The Kier molecular flexibility index (Phi) is 5.18. The van der Waals surface area contributed by atoms with Gasteiger partial charge in [-0.1, -0.05) is 30.3 Å². The van der Waals surface area contributed by atoms with E-state index >= 15 is 0 Å². The highest BCUT2D eigenvalue weighted by atomic mass is 32.1. The second-order valence-electron chi connectivity index (χ2n) is 6.59. The third-order valence-corrected chi connectivity index (χ3v) is 5.89. The van der Waals surface area contributed by atoms with Gasteiger partial charge in [-0.05, 0) is 37.0 Å². The van der Waals surface area contributed by atoms with E-state index in [4.69, 9.17) is 14.9 Å². The van der Waals surface area contributed by atoms with Crippen molar-refractivity contribution in [1.82, 2.24) is 0 Å². The molecule has 0 spiro atoms. The van der Waals surface area contributed by atoms with Gasteiger partial charge < -0.3 is 20.2 Å². The third kappa shape index (κ3) is 3.79. The maximum absolute atomic E-state index is 13.0. The fourth-order valence-corrected chi connectivity index (χ4v) is 4.64. The molecule has 148 valence electrons. The molecule has 1 unspecified atom stereocenters. The fourth-order valence-electron chi connectivity index (χ4n) is 3.36. The lowest BCUT2D eigenvalue weighted by Crippen LogP contribution is -2.26. The average molecular weight is 410 g/mol. The predicted octanol–water partition coefficient (Wildman–Crippen LogP) is 3.47. The van der Waals surface area contributed by atoms with Crippen molar-refractivity contribution in [3.05, 3.63) is 76.1 Å². The van der Waals surface area contributed by atoms with Gasteiger partial charge >= 0.3 is 5.97 Å². The van der Waals surface area contributed by atoms with E-state index in [1.165, 1.54) is 23.7 Å². The van der Waals surface area contributed by atoms with E-state index in [0.29, 0.717) is 17.0 Å². The highest BCUT2D eigenvalue weighted by Gasteiger charge is 2.32. The summed E-state index contributed by atoms with van der Waals surface area (Å²) in [6, 6.07) is 11.7. The maximum atomic E-state index is 13.0. The molecule has 1 aliphatic carbocycles. The number of hydrogen-bond donors (Lipinski definition) is 2. The lowest BCUT2D eigenvalue weighted by Gasteiger charge is -2.16. The summed E-state index contributed by atoms with van der Waals surface area (Å²) in [5, 5.41) is 3.12. The summed E-state index contributed by atoms with van der Waals surface area (Å²) in [7, 11) is 0. The minimum absolute atomic E-state index is 0.136. The molecule has 1 atom stereocenters. The molecule has 2 aromatic heterocycles. The SMILES string of the molecule is NC(=O)C(OC(=O)c1c(NC(=O)c2ccco2)sc2c1CCC2)c1ccccc1. The van der Waals surface area contributed by atoms with Crippen LogP contribution in [0.4, 0.5) is 5.00 Å². The molecule has 0 bridgehead atoms. The second-order valence-corrected chi connectivity index (χ2v) is 7.70. The topological polar surface area (TPSA) is 112 Å². The summed E-state index contributed by atoms with van der Waals surface area (Å²) in [6.45, 7) is 0. The monoisotopic (exact) mass is 410 g/mol. The van der Waals surface area contributed by atoms with E-state index in [2.05, 4.69) is 5.32 Å². The molecule has 0 saturated carbocycles. The van der Waals surface area contributed by atoms with Crippen LogP contribution in [0.3, 0.4) is 0 Å². The molecule has 8 heteroatoms. The van der Waals surface area contributed by atoms with Crippen LogP contribution in [-0.4, -0.2) is 17.8 Å². The van der Waals surface area contributed by atoms with E-state index in [-0.39, 0.29) is 11.3 Å². The Morgan fingerprint density at radius 3 is 2.59 bits per heavy atom. The van der Waals surface area contributed by atoms with Crippen molar-refractivity contribution in [2.75, 3.05) is 5.32 Å². The number of aryl methyl sites for hydroxylation is 1. The van der Waals surface area contributed by atoms with Gasteiger partial charge in [-0.15, -0.1) is 11.3 Å². The molecule has 4 rings (SSSR count). The number of primary amides is 1. The number of carbonyl (C=O) groups excluding carboxylic acids is 3. The molecule has 7 nitrogen and oxygen atoms in total. The Morgan fingerprint density at radius 2 is 1.90 bits per heavy atom. The Balaban J connectivity index is 1.64. The molecule has 1 aliphatic rings. The van der Waals surface area contributed by atoms with Crippen molar-refractivity contribution in [3.63, 3.8) is 0 Å². The summed E-state index contributed by atoms with van der Waals surface area (Å²) in [6.07, 6.45) is 2.64. The Bertz CT molecular complexity index is 1060. The lowest BCUT2D eigenvalue weighted by atomic mass is 10.1. The van der Waals surface area contributed by atoms with Gasteiger partial charge in [0.25, 0.3) is 11.8 Å². The van der Waals surface area contributed by atoms with Gasteiger partial charge in [0, 0.05) is 10.4 Å². The molecule has 0 radical (unpaired) electrons. The number of nitrogens with one attached hydrogen (secondary N) is 1. The van der Waals surface area contributed by atoms with Crippen molar-refractivity contribution in [3.8, 4) is 0 Å². The smallest absolute Gasteiger partial charge is 0.342 e. The summed E-state index contributed by atoms with van der Waals surface area (Å²) in [5.41, 5.74) is 7.09. The zero-order valence-corrected chi connectivity index (χ0v) is 16.2. The fraction of sp³-hybridized carbons (Fsp3) is 0.190. The second kappa shape index (κ2) is 7.92. The minimum Gasteiger partial charge on any atom is -0.459 e. The first-order valence-electron chi connectivity index (χ1n) is 9.09. The first-order chi connectivity index (χ1) is 14.0. The number of ether oxygens (including phenoxy) is 1. The molecule has 0 fully saturated rings. The third-order valence-electron chi connectivity index (χ3n) is 4.68. The first-order valence-corrected chi connectivity index (χ1v) is 9.91. The van der Waals surface area contributed by atoms with Crippen LogP contribution in [0.25, 0.3) is 0 Å². The number of amides is 2. The largest absolute Gasteiger partial charge is 0.459 e. The van der Waals surface area contributed by atoms with Crippen molar-refractivity contribution >= 4 is 34.1 Å². The van der Waals surface area contributed by atoms with Crippen LogP contribution in [0, 0.1) is 0 Å². The summed E-state index contributed by atoms with van der Waals surface area (Å²) >= 11 is 1.34. The number of rotatable bonds is 6. The summed E-state index contributed by atoms with van der Waals surface area (Å²) in [4.78, 5) is 38.4. The van der Waals surface area contributed by atoms with Crippen molar-refractivity contribution in [2.24, 2.45) is 5.73 Å². The van der Waals surface area contributed by atoms with Gasteiger partial charge in [-0.25, -0.2) is 4.79 Å². The van der Waals surface area contributed by atoms with Gasteiger partial charge in [-0.2, -0.15) is 0 Å². The summed E-state index contributed by atoms with van der Waals surface area (Å²) < 4.78 is 10.6. The highest BCUT2D eigenvalue weighted by Crippen LogP contribution is 2.40. The van der Waals surface area contributed by atoms with Gasteiger partial charge in [0.05, 0.1) is 11.8 Å². The van der Waals surface area contributed by atoms with E-state index < -0.39 is 23.9 Å². The van der Waals surface area contributed by atoms with Crippen LogP contribution >= 0.6 is 11.3 Å². The number of fused-ring (bicyclic) bond motifs is 1. The van der Waals surface area contributed by atoms with Gasteiger partial charge in [0.1, 0.15) is 5.00 Å². The van der Waals surface area contributed by atoms with Gasteiger partial charge in [-0.3, -0.25) is 9.59 Å². The van der Waals surface area contributed by atoms with Crippen LogP contribution in [0.5, 0.6) is 0 Å². The Labute approximate surface area is 170 Å². The van der Waals surface area contributed by atoms with Crippen LogP contribution in [0.15, 0.2) is 53.1 Å². The number of benzene rings is 1. The van der Waals surface area contributed by atoms with Crippen LogP contribution in [0.1, 0.15) is 49.4 Å². The molecule has 0 aliphatic heterocycles. The molecule has 29 heavy (non-hydrogen) atoms. The zero-order chi connectivity index (χ0) is 20.4. The standard InChI is InChI=1S/C21H18N2O5S/c22-18(24)17(12-6-2-1-3-7-12)28-21(26)16-13-8-4-10-15(13)29-20(16)23-19(25)14-9-5-11-27-14/h1-3,5-7,9,11,17H,4,8,10H2,(H2,22,24)(H,23,25). The van der Waals surface area contributed by atoms with E-state index in [1.54, 1.807) is 36.4 Å². The normalized spacial score (nSPS) is 13.5. The van der Waals surface area contributed by atoms with Gasteiger partial charge in [0.2, 0.25) is 6.10 Å². The molecule has 2 amide bonds. The minimum atomic E-state index is -1.21. The Hall–Kier alpha value is -3.39. The average Bonchev–Trinajstić information content (AvgIpc) is 3.43. The molecule has 3 aromatic rings. The number of hydrogen-bond acceptors (Lipinski definition) is 6. The van der Waals surface area contributed by atoms with E-state index in [0.717, 1.165) is 23.3 Å². The predicted molar refractivity (Wildman–Crippen MR) is 107 cm³/mol. The summed E-state index contributed by atoms with van der Waals surface area (Å²) in [5.74, 6) is -1.78. The zero-order valence-electron chi connectivity index (χ0n) is 15.3. The quantitative estimate of drug-likeness (QED) is 0.605. The lowest BCUT2D eigenvalue weighted by molar-refractivity contribution is -0.127. The highest BCUT2D eigenvalue weighted by molar-refractivity contribution is 7.17. The first kappa shape index (κ1) is 18.9. The number of anilines is 1. The number of thiophene rings is 1. The maximum Gasteiger partial charge on any atom is 0.342 e. The molecule has 3 N–H and O–H groups in total. The molecular weight excluding hydrogens is 392 g/mol. The van der Waals surface area contributed by atoms with Crippen LogP contribution in [0.2, 0.25) is 0 Å². The van der Waals surface area contributed by atoms with E-state index in [1.807, 2.05) is 0 Å². The van der Waals surface area contributed by atoms with Crippen molar-refractivity contribution in [2.45, 2.75) is 25.4 Å². The van der Waals surface area contributed by atoms with Crippen LogP contribution < -0.4 is 11.1 Å². The molecule has 0 saturated heterocycles. The number of furan rings is 1. The molecule has 1 aromatic carbocycles. The molecular formula is C21H18N2O5S. The number of carbonyl (C=O) groups is 3. The van der Waals surface area contributed by atoms with Crippen molar-refractivity contribution in [1.29, 1.82) is 0 Å². The van der Waals surface area contributed by atoms with E-state index in [9.17, 15) is 14.4 Å². The number of esters is 1. The van der Waals surface area contributed by atoms with Crippen molar-refractivity contribution < 1.29 is 23.5 Å². The number of nitrogens with two attached hydrogens (primary N) is 1.